The third-order valence-corrected chi connectivity index (χ3v) is 3.77. The van der Waals surface area contributed by atoms with Crippen LogP contribution in [0, 0.1) is 5.92 Å². The van der Waals surface area contributed by atoms with Crippen molar-refractivity contribution < 1.29 is 0 Å². The van der Waals surface area contributed by atoms with Gasteiger partial charge in [0.05, 0.1) is 0 Å². The summed E-state index contributed by atoms with van der Waals surface area (Å²) in [6, 6.07) is 0. The molecule has 60 valence electrons. The lowest BCUT2D eigenvalue weighted by Crippen LogP contribution is -2.26. The Bertz CT molecular complexity index is 105. The fourth-order valence-electron chi connectivity index (χ4n) is 1.42. The Morgan fingerprint density at radius 3 is 2.40 bits per heavy atom. The van der Waals surface area contributed by atoms with E-state index in [4.69, 9.17) is 0 Å². The smallest absolute Gasteiger partial charge is 0.00536 e. The van der Waals surface area contributed by atoms with E-state index in [0.29, 0.717) is 16.4 Å². The zero-order chi connectivity index (χ0) is 7.56. The molecule has 0 aromatic rings. The normalized spacial score (nSPS) is 41.7. The van der Waals surface area contributed by atoms with Crippen molar-refractivity contribution in [1.29, 1.82) is 0 Å². The van der Waals surface area contributed by atoms with Gasteiger partial charge in [-0.05, 0) is 30.9 Å². The molecule has 1 fully saturated rings. The maximum Gasteiger partial charge on any atom is 0.00536 e. The molecule has 0 spiro atoms. The molecular weight excluding hydrogens is 180 g/mol. The second-order valence-corrected chi connectivity index (χ2v) is 4.74. The van der Waals surface area contributed by atoms with Gasteiger partial charge in [0.25, 0.3) is 0 Å². The molecule has 3 heteroatoms. The van der Waals surface area contributed by atoms with E-state index in [-0.39, 0.29) is 0 Å². The third kappa shape index (κ3) is 2.28. The SMILES string of the molecule is SCC1CC(S)CCC1S. The maximum absolute atomic E-state index is 4.49. The predicted molar refractivity (Wildman–Crippen MR) is 56.7 cm³/mol. The third-order valence-electron chi connectivity index (χ3n) is 2.15. The minimum Gasteiger partial charge on any atom is -0.179 e. The van der Waals surface area contributed by atoms with Crippen LogP contribution in [0.1, 0.15) is 19.3 Å². The Balaban J connectivity index is 2.38. The summed E-state index contributed by atoms with van der Waals surface area (Å²) in [6.45, 7) is 0. The van der Waals surface area contributed by atoms with Gasteiger partial charge in [-0.1, -0.05) is 0 Å². The highest BCUT2D eigenvalue weighted by molar-refractivity contribution is 7.82. The monoisotopic (exact) mass is 194 g/mol. The largest absolute Gasteiger partial charge is 0.179 e. The molecule has 0 aromatic heterocycles. The molecule has 1 rings (SSSR count). The average molecular weight is 194 g/mol. The fraction of sp³-hybridized carbons (Fsp3) is 1.00. The molecule has 1 aliphatic carbocycles. The number of thiol groups is 3. The fourth-order valence-corrected chi connectivity index (χ4v) is 2.79. The Kier molecular flexibility index (Phi) is 3.81. The van der Waals surface area contributed by atoms with Crippen LogP contribution in [0.25, 0.3) is 0 Å². The van der Waals surface area contributed by atoms with Gasteiger partial charge in [-0.25, -0.2) is 0 Å². The molecule has 0 amide bonds. The maximum atomic E-state index is 4.49. The van der Waals surface area contributed by atoms with Crippen LogP contribution in [0.15, 0.2) is 0 Å². The van der Waals surface area contributed by atoms with Crippen LogP contribution in [0.2, 0.25) is 0 Å². The minimum atomic E-state index is 0.570. The van der Waals surface area contributed by atoms with E-state index >= 15 is 0 Å². The summed E-state index contributed by atoms with van der Waals surface area (Å²) in [5, 5.41) is 1.17. The summed E-state index contributed by atoms with van der Waals surface area (Å²) in [7, 11) is 0. The van der Waals surface area contributed by atoms with Gasteiger partial charge in [0.15, 0.2) is 0 Å². The van der Waals surface area contributed by atoms with E-state index < -0.39 is 0 Å². The highest BCUT2D eigenvalue weighted by atomic mass is 32.1. The van der Waals surface area contributed by atoms with Gasteiger partial charge in [-0.3, -0.25) is 0 Å². The van der Waals surface area contributed by atoms with Crippen molar-refractivity contribution in [2.24, 2.45) is 5.92 Å². The first kappa shape index (κ1) is 9.14. The summed E-state index contributed by atoms with van der Waals surface area (Å²) in [6.07, 6.45) is 3.63. The molecule has 3 unspecified atom stereocenters. The molecule has 0 N–H and O–H groups in total. The Morgan fingerprint density at radius 2 is 1.90 bits per heavy atom. The minimum absolute atomic E-state index is 0.570. The van der Waals surface area contributed by atoms with E-state index in [1.165, 1.54) is 19.3 Å². The quantitative estimate of drug-likeness (QED) is 0.524. The lowest BCUT2D eigenvalue weighted by molar-refractivity contribution is 0.416. The Labute approximate surface area is 79.4 Å². The first-order valence-electron chi connectivity index (χ1n) is 3.71. The van der Waals surface area contributed by atoms with E-state index in [2.05, 4.69) is 37.9 Å². The summed E-state index contributed by atoms with van der Waals surface area (Å²) in [5.74, 6) is 1.65. The van der Waals surface area contributed by atoms with Crippen LogP contribution < -0.4 is 0 Å². The van der Waals surface area contributed by atoms with Crippen LogP contribution in [-0.4, -0.2) is 16.3 Å². The molecule has 0 nitrogen and oxygen atoms in total. The topological polar surface area (TPSA) is 0 Å². The summed E-state index contributed by atoms with van der Waals surface area (Å²) in [4.78, 5) is 0. The molecule has 0 heterocycles. The van der Waals surface area contributed by atoms with E-state index in [1.54, 1.807) is 0 Å². The number of rotatable bonds is 1. The van der Waals surface area contributed by atoms with Crippen LogP contribution in [0.4, 0.5) is 0 Å². The highest BCUT2D eigenvalue weighted by Crippen LogP contribution is 2.31. The molecular formula is C7H14S3. The van der Waals surface area contributed by atoms with Gasteiger partial charge < -0.3 is 0 Å². The van der Waals surface area contributed by atoms with Crippen LogP contribution in [0.3, 0.4) is 0 Å². The van der Waals surface area contributed by atoms with Gasteiger partial charge in [0.2, 0.25) is 0 Å². The van der Waals surface area contributed by atoms with Crippen molar-refractivity contribution in [1.82, 2.24) is 0 Å². The van der Waals surface area contributed by atoms with Crippen molar-refractivity contribution >= 4 is 37.9 Å². The Hall–Kier alpha value is 1.05. The van der Waals surface area contributed by atoms with Gasteiger partial charge in [-0.15, -0.1) is 0 Å². The molecule has 0 aliphatic heterocycles. The van der Waals surface area contributed by atoms with Crippen molar-refractivity contribution in [3.8, 4) is 0 Å². The van der Waals surface area contributed by atoms with Crippen molar-refractivity contribution in [2.75, 3.05) is 5.75 Å². The van der Waals surface area contributed by atoms with Gasteiger partial charge in [-0.2, -0.15) is 37.9 Å². The molecule has 0 aromatic carbocycles. The summed E-state index contributed by atoms with van der Waals surface area (Å²) >= 11 is 13.2. The second kappa shape index (κ2) is 4.17. The van der Waals surface area contributed by atoms with Gasteiger partial charge >= 0.3 is 0 Å². The summed E-state index contributed by atoms with van der Waals surface area (Å²) in [5.41, 5.74) is 0. The standard InChI is InChI=1S/C7H14S3/c8-4-5-3-6(9)1-2-7(5)10/h5-10H,1-4H2. The molecule has 0 bridgehead atoms. The second-order valence-electron chi connectivity index (χ2n) is 2.98. The lowest BCUT2D eigenvalue weighted by atomic mass is 9.90. The van der Waals surface area contributed by atoms with Gasteiger partial charge in [0, 0.05) is 10.5 Å². The number of hydrogen-bond acceptors (Lipinski definition) is 3. The number of hydrogen-bond donors (Lipinski definition) is 3. The highest BCUT2D eigenvalue weighted by Gasteiger charge is 2.25. The molecule has 1 saturated carbocycles. The van der Waals surface area contributed by atoms with Gasteiger partial charge in [0.1, 0.15) is 0 Å². The van der Waals surface area contributed by atoms with Crippen LogP contribution in [0.5, 0.6) is 0 Å². The van der Waals surface area contributed by atoms with E-state index in [0.717, 1.165) is 5.75 Å². The average Bonchev–Trinajstić information content (AvgIpc) is 1.94. The molecule has 0 radical (unpaired) electrons. The summed E-state index contributed by atoms with van der Waals surface area (Å²) < 4.78 is 0. The first-order valence-corrected chi connectivity index (χ1v) is 5.37. The predicted octanol–water partition coefficient (Wildman–Crippen LogP) is 2.31. The van der Waals surface area contributed by atoms with Crippen molar-refractivity contribution in [3.05, 3.63) is 0 Å². The van der Waals surface area contributed by atoms with Crippen LogP contribution in [-0.2, 0) is 0 Å². The van der Waals surface area contributed by atoms with Crippen molar-refractivity contribution in [3.63, 3.8) is 0 Å². The van der Waals surface area contributed by atoms with E-state index in [1.807, 2.05) is 0 Å². The van der Waals surface area contributed by atoms with Crippen molar-refractivity contribution in [2.45, 2.75) is 29.8 Å². The molecule has 1 aliphatic rings. The molecule has 3 atom stereocenters. The molecule has 0 saturated heterocycles. The first-order chi connectivity index (χ1) is 4.74. The lowest BCUT2D eigenvalue weighted by Gasteiger charge is -2.30. The molecule has 10 heavy (non-hydrogen) atoms. The van der Waals surface area contributed by atoms with E-state index in [9.17, 15) is 0 Å². The van der Waals surface area contributed by atoms with Crippen LogP contribution >= 0.6 is 37.9 Å². The zero-order valence-electron chi connectivity index (χ0n) is 5.90. The Morgan fingerprint density at radius 1 is 1.20 bits per heavy atom. The zero-order valence-corrected chi connectivity index (χ0v) is 8.59.